The van der Waals surface area contributed by atoms with E-state index in [1.165, 1.54) is 32.1 Å². The van der Waals surface area contributed by atoms with Crippen molar-refractivity contribution in [2.24, 2.45) is 11.8 Å². The Labute approximate surface area is 125 Å². The summed E-state index contributed by atoms with van der Waals surface area (Å²) >= 11 is 3.51. The zero-order valence-electron chi connectivity index (χ0n) is 11.9. The number of hydrogen-bond donors (Lipinski definition) is 0. The smallest absolute Gasteiger partial charge is 0.226 e. The first kappa shape index (κ1) is 15.3. The van der Waals surface area contributed by atoms with Crippen molar-refractivity contribution in [1.82, 2.24) is 4.90 Å². The molecule has 1 saturated carbocycles. The predicted molar refractivity (Wildman–Crippen MR) is 80.5 cm³/mol. The molecule has 0 N–H and O–H groups in total. The van der Waals surface area contributed by atoms with Gasteiger partial charge in [-0.1, -0.05) is 42.1 Å². The Kier molecular flexibility index (Phi) is 6.14. The van der Waals surface area contributed by atoms with E-state index in [4.69, 9.17) is 4.74 Å². The Morgan fingerprint density at radius 3 is 2.63 bits per heavy atom. The lowest BCUT2D eigenvalue weighted by atomic mass is 9.87. The largest absolute Gasteiger partial charge is 0.381 e. The van der Waals surface area contributed by atoms with E-state index in [9.17, 15) is 4.79 Å². The Morgan fingerprint density at radius 2 is 2.00 bits per heavy atom. The molecule has 19 heavy (non-hydrogen) atoms. The molecule has 2 unspecified atom stereocenters. The number of carbonyl (C=O) groups is 1. The highest BCUT2D eigenvalue weighted by Crippen LogP contribution is 2.28. The van der Waals surface area contributed by atoms with E-state index in [0.29, 0.717) is 17.9 Å². The van der Waals surface area contributed by atoms with Gasteiger partial charge >= 0.3 is 0 Å². The van der Waals surface area contributed by atoms with Crippen molar-refractivity contribution < 1.29 is 9.53 Å². The second-order valence-corrected chi connectivity index (χ2v) is 6.75. The summed E-state index contributed by atoms with van der Waals surface area (Å²) in [5.74, 6) is 0.916. The molecule has 3 nitrogen and oxygen atoms in total. The van der Waals surface area contributed by atoms with Crippen LogP contribution in [0.25, 0.3) is 0 Å². The molecule has 110 valence electrons. The number of hydrogen-bond acceptors (Lipinski definition) is 2. The minimum Gasteiger partial charge on any atom is -0.381 e. The molecule has 1 aliphatic carbocycles. The van der Waals surface area contributed by atoms with Gasteiger partial charge in [0.25, 0.3) is 0 Å². The molecule has 0 bridgehead atoms. The Bertz CT molecular complexity index is 292. The Hall–Kier alpha value is -0.0900. The zero-order valence-corrected chi connectivity index (χ0v) is 13.5. The molecular weight excluding hydrogens is 306 g/mol. The maximum Gasteiger partial charge on any atom is 0.226 e. The second-order valence-electron chi connectivity index (χ2n) is 5.96. The van der Waals surface area contributed by atoms with E-state index >= 15 is 0 Å². The van der Waals surface area contributed by atoms with E-state index in [-0.39, 0.29) is 5.92 Å². The number of ether oxygens (including phenoxy) is 1. The van der Waals surface area contributed by atoms with Gasteiger partial charge in [-0.25, -0.2) is 0 Å². The summed E-state index contributed by atoms with van der Waals surface area (Å²) in [6.07, 6.45) is 7.17. The van der Waals surface area contributed by atoms with Crippen LogP contribution in [0.15, 0.2) is 0 Å². The third-order valence-electron chi connectivity index (χ3n) is 4.58. The van der Waals surface area contributed by atoms with Crippen LogP contribution >= 0.6 is 15.9 Å². The lowest BCUT2D eigenvalue weighted by molar-refractivity contribution is -0.144. The van der Waals surface area contributed by atoms with Gasteiger partial charge in [-0.2, -0.15) is 0 Å². The van der Waals surface area contributed by atoms with Gasteiger partial charge in [-0.15, -0.1) is 0 Å². The Balaban J connectivity index is 2.01. The topological polar surface area (TPSA) is 29.5 Å². The van der Waals surface area contributed by atoms with Gasteiger partial charge < -0.3 is 9.64 Å². The molecule has 1 aliphatic heterocycles. The van der Waals surface area contributed by atoms with Gasteiger partial charge in [0.05, 0.1) is 0 Å². The van der Waals surface area contributed by atoms with Crippen LogP contribution in [0.3, 0.4) is 0 Å². The van der Waals surface area contributed by atoms with Crippen LogP contribution in [0, 0.1) is 11.8 Å². The molecule has 0 aromatic rings. The molecule has 0 spiro atoms. The number of halogens is 1. The molecule has 2 atom stereocenters. The summed E-state index contributed by atoms with van der Waals surface area (Å²) in [4.78, 5) is 15.0. The summed E-state index contributed by atoms with van der Waals surface area (Å²) in [5, 5.41) is 0.882. The molecule has 0 aromatic carbocycles. The SMILES string of the molecule is CC1COCCC1C(=O)N(CCBr)C1CCCCC1. The van der Waals surface area contributed by atoms with Crippen molar-refractivity contribution in [3.63, 3.8) is 0 Å². The minimum absolute atomic E-state index is 0.176. The highest BCUT2D eigenvalue weighted by Gasteiger charge is 2.34. The van der Waals surface area contributed by atoms with Crippen LogP contribution in [0.4, 0.5) is 0 Å². The predicted octanol–water partition coefficient (Wildman–Crippen LogP) is 3.22. The normalized spacial score (nSPS) is 29.2. The van der Waals surface area contributed by atoms with Gasteiger partial charge in [0.2, 0.25) is 5.91 Å². The Morgan fingerprint density at radius 1 is 1.26 bits per heavy atom. The van der Waals surface area contributed by atoms with E-state index < -0.39 is 0 Å². The fourth-order valence-electron chi connectivity index (χ4n) is 3.42. The van der Waals surface area contributed by atoms with Gasteiger partial charge in [-0.05, 0) is 25.2 Å². The van der Waals surface area contributed by atoms with Crippen LogP contribution in [-0.2, 0) is 9.53 Å². The number of carbonyl (C=O) groups excluding carboxylic acids is 1. The van der Waals surface area contributed by atoms with Gasteiger partial charge in [-0.3, -0.25) is 4.79 Å². The molecule has 2 aliphatic rings. The number of alkyl halides is 1. The first-order chi connectivity index (χ1) is 9.24. The van der Waals surface area contributed by atoms with E-state index in [0.717, 1.165) is 31.5 Å². The molecular formula is C15H26BrNO2. The average molecular weight is 332 g/mol. The molecule has 4 heteroatoms. The van der Waals surface area contributed by atoms with Crippen LogP contribution in [-0.4, -0.2) is 41.9 Å². The lowest BCUT2D eigenvalue weighted by Crippen LogP contribution is -2.48. The second kappa shape index (κ2) is 7.63. The zero-order chi connectivity index (χ0) is 13.7. The molecule has 0 aromatic heterocycles. The van der Waals surface area contributed by atoms with E-state index in [1.807, 2.05) is 0 Å². The summed E-state index contributed by atoms with van der Waals surface area (Å²) in [7, 11) is 0. The molecule has 0 radical (unpaired) electrons. The lowest BCUT2D eigenvalue weighted by Gasteiger charge is -2.38. The highest BCUT2D eigenvalue weighted by molar-refractivity contribution is 9.09. The van der Waals surface area contributed by atoms with Crippen molar-refractivity contribution in [2.75, 3.05) is 25.1 Å². The average Bonchev–Trinajstić information content (AvgIpc) is 2.45. The van der Waals surface area contributed by atoms with Crippen LogP contribution in [0.2, 0.25) is 0 Å². The molecule has 1 saturated heterocycles. The standard InChI is InChI=1S/C15H26BrNO2/c1-12-11-19-10-7-14(12)15(18)17(9-8-16)13-5-3-2-4-6-13/h12-14H,2-11H2,1H3. The summed E-state index contributed by atoms with van der Waals surface area (Å²) in [6, 6.07) is 0.480. The summed E-state index contributed by atoms with van der Waals surface area (Å²) in [6.45, 7) is 4.49. The van der Waals surface area contributed by atoms with Gasteiger partial charge in [0.15, 0.2) is 0 Å². The van der Waals surface area contributed by atoms with Gasteiger partial charge in [0, 0.05) is 37.0 Å². The summed E-state index contributed by atoms with van der Waals surface area (Å²) in [5.41, 5.74) is 0. The fraction of sp³-hybridized carbons (Fsp3) is 0.933. The van der Waals surface area contributed by atoms with E-state index in [2.05, 4.69) is 27.8 Å². The van der Waals surface area contributed by atoms with Crippen LogP contribution in [0.1, 0.15) is 45.4 Å². The number of rotatable bonds is 4. The molecule has 2 rings (SSSR count). The maximum absolute atomic E-state index is 12.8. The molecule has 1 amide bonds. The highest BCUT2D eigenvalue weighted by atomic mass is 79.9. The molecule has 2 fully saturated rings. The first-order valence-corrected chi connectivity index (χ1v) is 8.80. The van der Waals surface area contributed by atoms with Crippen LogP contribution < -0.4 is 0 Å². The van der Waals surface area contributed by atoms with Crippen molar-refractivity contribution >= 4 is 21.8 Å². The third kappa shape index (κ3) is 3.94. The third-order valence-corrected chi connectivity index (χ3v) is 4.94. The number of nitrogens with zero attached hydrogens (tertiary/aromatic N) is 1. The van der Waals surface area contributed by atoms with Crippen molar-refractivity contribution in [1.29, 1.82) is 0 Å². The molecule has 1 heterocycles. The maximum atomic E-state index is 12.8. The van der Waals surface area contributed by atoms with Crippen molar-refractivity contribution in [3.05, 3.63) is 0 Å². The van der Waals surface area contributed by atoms with Gasteiger partial charge in [0.1, 0.15) is 0 Å². The van der Waals surface area contributed by atoms with Crippen molar-refractivity contribution in [3.8, 4) is 0 Å². The van der Waals surface area contributed by atoms with E-state index in [1.54, 1.807) is 0 Å². The fourth-order valence-corrected chi connectivity index (χ4v) is 3.80. The quantitative estimate of drug-likeness (QED) is 0.740. The number of amides is 1. The monoisotopic (exact) mass is 331 g/mol. The van der Waals surface area contributed by atoms with Crippen molar-refractivity contribution in [2.45, 2.75) is 51.5 Å². The summed E-state index contributed by atoms with van der Waals surface area (Å²) < 4.78 is 5.47. The van der Waals surface area contributed by atoms with Crippen LogP contribution in [0.5, 0.6) is 0 Å². The first-order valence-electron chi connectivity index (χ1n) is 7.68. The minimum atomic E-state index is 0.176.